The summed E-state index contributed by atoms with van der Waals surface area (Å²) in [5.41, 5.74) is 1.13. The van der Waals surface area contributed by atoms with Crippen molar-refractivity contribution in [3.8, 4) is 0 Å². The van der Waals surface area contributed by atoms with Gasteiger partial charge in [0.05, 0.1) is 0 Å². The minimum absolute atomic E-state index is 0.0629. The quantitative estimate of drug-likeness (QED) is 0.679. The lowest BCUT2D eigenvalue weighted by Gasteiger charge is -2.60. The van der Waals surface area contributed by atoms with Crippen molar-refractivity contribution in [2.24, 2.45) is 34.5 Å². The van der Waals surface area contributed by atoms with Crippen molar-refractivity contribution in [3.05, 3.63) is 11.6 Å². The van der Waals surface area contributed by atoms with Gasteiger partial charge in [-0.1, -0.05) is 19.4 Å². The summed E-state index contributed by atoms with van der Waals surface area (Å²) in [6.07, 6.45) is 8.02. The molecule has 27 heavy (non-hydrogen) atoms. The van der Waals surface area contributed by atoms with E-state index in [0.717, 1.165) is 38.5 Å². The molecule has 0 aromatic heterocycles. The third-order valence-corrected chi connectivity index (χ3v) is 8.68. The first-order chi connectivity index (χ1) is 12.7. The van der Waals surface area contributed by atoms with Gasteiger partial charge in [0.1, 0.15) is 11.9 Å². The van der Waals surface area contributed by atoms with E-state index in [1.54, 1.807) is 6.92 Å². The molecule has 7 atom stereocenters. The van der Waals surface area contributed by atoms with Gasteiger partial charge in [0, 0.05) is 25.2 Å². The Bertz CT molecular complexity index is 722. The molecule has 0 aliphatic heterocycles. The summed E-state index contributed by atoms with van der Waals surface area (Å²) >= 11 is 0. The monoisotopic (exact) mass is 372 g/mol. The maximum Gasteiger partial charge on any atom is 0.302 e. The predicted molar refractivity (Wildman–Crippen MR) is 102 cm³/mol. The number of carbonyl (C=O) groups is 3. The zero-order chi connectivity index (χ0) is 19.6. The maximum absolute atomic E-state index is 12.4. The van der Waals surface area contributed by atoms with Gasteiger partial charge in [-0.05, 0) is 74.2 Å². The molecule has 0 aromatic carbocycles. The van der Waals surface area contributed by atoms with Crippen molar-refractivity contribution in [2.75, 3.05) is 0 Å². The molecule has 4 heteroatoms. The minimum Gasteiger partial charge on any atom is -0.462 e. The number of ether oxygens (including phenoxy) is 1. The summed E-state index contributed by atoms with van der Waals surface area (Å²) in [5, 5.41) is 0. The highest BCUT2D eigenvalue weighted by Crippen LogP contribution is 2.67. The second kappa shape index (κ2) is 6.28. The van der Waals surface area contributed by atoms with Gasteiger partial charge in [0.15, 0.2) is 5.78 Å². The summed E-state index contributed by atoms with van der Waals surface area (Å²) in [4.78, 5) is 36.4. The number of esters is 1. The third kappa shape index (κ3) is 2.74. The molecule has 0 aromatic rings. The second-order valence-electron chi connectivity index (χ2n) is 9.99. The van der Waals surface area contributed by atoms with Crippen LogP contribution in [-0.4, -0.2) is 23.6 Å². The van der Waals surface area contributed by atoms with E-state index < -0.39 is 0 Å². The molecule has 1 unspecified atom stereocenters. The average Bonchev–Trinajstić information content (AvgIpc) is 2.91. The highest BCUT2D eigenvalue weighted by atomic mass is 16.5. The van der Waals surface area contributed by atoms with Crippen molar-refractivity contribution in [3.63, 3.8) is 0 Å². The van der Waals surface area contributed by atoms with Gasteiger partial charge < -0.3 is 4.74 Å². The number of fused-ring (bicyclic) bond motifs is 5. The third-order valence-electron chi connectivity index (χ3n) is 8.68. The molecule has 0 amide bonds. The molecule has 0 radical (unpaired) electrons. The van der Waals surface area contributed by atoms with Gasteiger partial charge in [-0.25, -0.2) is 0 Å². The van der Waals surface area contributed by atoms with Gasteiger partial charge in [-0.3, -0.25) is 14.4 Å². The Labute approximate surface area is 162 Å². The standard InChI is InChI=1S/C23H32O4/c1-13(24)18-7-8-19-17-6-5-15-11-16(26)9-10-22(15,3)21(17)20(27-14(2)25)12-23(18,19)4/h11,17-21H,5-10,12H2,1-4H3/t17-,18+,19-,20?,21+,22-,23+/m0/s1. The molecular weight excluding hydrogens is 340 g/mol. The van der Waals surface area contributed by atoms with E-state index in [1.807, 2.05) is 6.08 Å². The van der Waals surface area contributed by atoms with Crippen LogP contribution < -0.4 is 0 Å². The average molecular weight is 373 g/mol. The van der Waals surface area contributed by atoms with Crippen LogP contribution >= 0.6 is 0 Å². The predicted octanol–water partition coefficient (Wildman–Crippen LogP) is 4.27. The van der Waals surface area contributed by atoms with Gasteiger partial charge >= 0.3 is 5.97 Å². The molecule has 3 fully saturated rings. The fraction of sp³-hybridized carbons (Fsp3) is 0.783. The Hall–Kier alpha value is -1.45. The molecule has 3 saturated carbocycles. The Kier molecular flexibility index (Phi) is 4.40. The van der Waals surface area contributed by atoms with E-state index in [4.69, 9.17) is 4.74 Å². The van der Waals surface area contributed by atoms with Crippen LogP contribution in [-0.2, 0) is 19.1 Å². The number of carbonyl (C=O) groups excluding carboxylic acids is 3. The highest BCUT2D eigenvalue weighted by molar-refractivity contribution is 5.91. The van der Waals surface area contributed by atoms with Gasteiger partial charge in [0.25, 0.3) is 0 Å². The molecule has 4 aliphatic carbocycles. The zero-order valence-corrected chi connectivity index (χ0v) is 17.0. The second-order valence-corrected chi connectivity index (χ2v) is 9.99. The smallest absolute Gasteiger partial charge is 0.302 e. The van der Waals surface area contributed by atoms with Gasteiger partial charge in [-0.2, -0.15) is 0 Å². The van der Waals surface area contributed by atoms with Crippen molar-refractivity contribution in [1.29, 1.82) is 0 Å². The maximum atomic E-state index is 12.4. The van der Waals surface area contributed by atoms with Crippen LogP contribution in [0.15, 0.2) is 11.6 Å². The highest BCUT2D eigenvalue weighted by Gasteiger charge is 2.63. The Morgan fingerprint density at radius 1 is 1.11 bits per heavy atom. The topological polar surface area (TPSA) is 60.4 Å². The molecular formula is C23H32O4. The van der Waals surface area contributed by atoms with Crippen LogP contribution in [0.3, 0.4) is 0 Å². The SMILES string of the molecule is CC(=O)OC1C[C@]2(C)[C@@H](C(C)=O)CC[C@H]2[C@@H]2CCC3=CC(=O)CC[C@]3(C)[C@@H]12. The van der Waals surface area contributed by atoms with E-state index in [-0.39, 0.29) is 46.3 Å². The van der Waals surface area contributed by atoms with Crippen LogP contribution in [0.1, 0.15) is 72.6 Å². The van der Waals surface area contributed by atoms with E-state index in [0.29, 0.717) is 18.3 Å². The summed E-state index contributed by atoms with van der Waals surface area (Å²) in [5.74, 6) is 1.61. The van der Waals surface area contributed by atoms with Gasteiger partial charge in [-0.15, -0.1) is 0 Å². The Balaban J connectivity index is 1.77. The van der Waals surface area contributed by atoms with Crippen molar-refractivity contribution in [1.82, 2.24) is 0 Å². The number of allylic oxidation sites excluding steroid dienone is 1. The zero-order valence-electron chi connectivity index (χ0n) is 17.0. The number of Topliss-reactive ketones (excluding diaryl/α,β-unsaturated/α-hetero) is 1. The van der Waals surface area contributed by atoms with E-state index in [1.165, 1.54) is 12.5 Å². The normalized spacial score (nSPS) is 46.0. The van der Waals surface area contributed by atoms with Crippen LogP contribution in [0.4, 0.5) is 0 Å². The van der Waals surface area contributed by atoms with Crippen molar-refractivity contribution < 1.29 is 19.1 Å². The molecule has 148 valence electrons. The molecule has 0 spiro atoms. The number of hydrogen-bond acceptors (Lipinski definition) is 4. The van der Waals surface area contributed by atoms with Crippen LogP contribution in [0.5, 0.6) is 0 Å². The lowest BCUT2D eigenvalue weighted by atomic mass is 9.46. The summed E-state index contributed by atoms with van der Waals surface area (Å²) in [6.45, 7) is 7.77. The summed E-state index contributed by atoms with van der Waals surface area (Å²) < 4.78 is 5.94. The lowest BCUT2D eigenvalue weighted by Crippen LogP contribution is -2.57. The largest absolute Gasteiger partial charge is 0.462 e. The fourth-order valence-corrected chi connectivity index (χ4v) is 7.64. The molecule has 0 N–H and O–H groups in total. The first-order valence-electron chi connectivity index (χ1n) is 10.6. The molecule has 4 aliphatic rings. The molecule has 4 rings (SSSR count). The van der Waals surface area contributed by atoms with E-state index in [9.17, 15) is 14.4 Å². The van der Waals surface area contributed by atoms with Crippen LogP contribution in [0, 0.1) is 34.5 Å². The molecule has 0 heterocycles. The van der Waals surface area contributed by atoms with Crippen molar-refractivity contribution >= 4 is 17.5 Å². The summed E-state index contributed by atoms with van der Waals surface area (Å²) in [6, 6.07) is 0. The van der Waals surface area contributed by atoms with Gasteiger partial charge in [0.2, 0.25) is 0 Å². The van der Waals surface area contributed by atoms with Crippen LogP contribution in [0.2, 0.25) is 0 Å². The van der Waals surface area contributed by atoms with E-state index in [2.05, 4.69) is 13.8 Å². The first-order valence-corrected chi connectivity index (χ1v) is 10.6. The number of rotatable bonds is 2. The fourth-order valence-electron chi connectivity index (χ4n) is 7.64. The molecule has 0 saturated heterocycles. The Morgan fingerprint density at radius 2 is 1.85 bits per heavy atom. The Morgan fingerprint density at radius 3 is 2.52 bits per heavy atom. The lowest BCUT2D eigenvalue weighted by molar-refractivity contribution is -0.176. The summed E-state index contributed by atoms with van der Waals surface area (Å²) in [7, 11) is 0. The first kappa shape index (κ1) is 18.9. The molecule has 0 bridgehead atoms. The van der Waals surface area contributed by atoms with E-state index >= 15 is 0 Å². The van der Waals surface area contributed by atoms with Crippen LogP contribution in [0.25, 0.3) is 0 Å². The number of ketones is 2. The minimum atomic E-state index is -0.232. The van der Waals surface area contributed by atoms with Crippen molar-refractivity contribution in [2.45, 2.75) is 78.7 Å². The number of hydrogen-bond donors (Lipinski definition) is 0. The molecule has 4 nitrogen and oxygen atoms in total.